The van der Waals surface area contributed by atoms with Crippen molar-refractivity contribution in [2.24, 2.45) is 17.6 Å². The molecule has 3 N–H and O–H groups in total. The zero-order chi connectivity index (χ0) is 18.1. The van der Waals surface area contributed by atoms with E-state index in [1.165, 1.54) is 6.07 Å². The number of benzene rings is 2. The number of hydrogen-bond donors (Lipinski definition) is 2. The van der Waals surface area contributed by atoms with Crippen LogP contribution < -0.4 is 11.1 Å². The van der Waals surface area contributed by atoms with Crippen molar-refractivity contribution in [2.75, 3.05) is 26.2 Å². The minimum Gasteiger partial charge on any atom is -0.331 e. The molecule has 3 atom stereocenters. The van der Waals surface area contributed by atoms with E-state index in [0.29, 0.717) is 31.3 Å². The van der Waals surface area contributed by atoms with Crippen LogP contribution in [-0.4, -0.2) is 37.0 Å². The number of rotatable bonds is 4. The summed E-state index contributed by atoms with van der Waals surface area (Å²) < 4.78 is 14.4. The van der Waals surface area contributed by atoms with Gasteiger partial charge in [0.1, 0.15) is 5.82 Å². The highest BCUT2D eigenvalue weighted by Gasteiger charge is 2.47. The third-order valence-corrected chi connectivity index (χ3v) is 5.66. The molecule has 2 aromatic rings. The number of hydrogen-bond acceptors (Lipinski definition) is 3. The number of nitrogens with two attached hydrogens (primary N) is 1. The Balaban J connectivity index is 1.69. The minimum absolute atomic E-state index is 0.0127. The Morgan fingerprint density at radius 3 is 2.77 bits per heavy atom. The molecular weight excluding hydrogens is 329 g/mol. The van der Waals surface area contributed by atoms with Crippen molar-refractivity contribution in [3.63, 3.8) is 0 Å². The maximum atomic E-state index is 14.4. The van der Waals surface area contributed by atoms with Crippen LogP contribution in [0.3, 0.4) is 0 Å². The largest absolute Gasteiger partial charge is 0.331 e. The number of nitrogens with zero attached hydrogens (tertiary/aromatic N) is 1. The minimum atomic E-state index is -0.460. The average Bonchev–Trinajstić information content (AvgIpc) is 3.24. The molecule has 2 saturated heterocycles. The number of nitrogens with one attached hydrogen (secondary N) is 1. The van der Waals surface area contributed by atoms with Gasteiger partial charge in [0, 0.05) is 25.6 Å². The predicted octanol–water partition coefficient (Wildman–Crippen LogP) is 2.36. The van der Waals surface area contributed by atoms with E-state index in [1.807, 2.05) is 23.1 Å². The van der Waals surface area contributed by atoms with Crippen molar-refractivity contribution in [3.8, 4) is 0 Å². The van der Waals surface area contributed by atoms with Gasteiger partial charge in [-0.05, 0) is 42.1 Å². The lowest BCUT2D eigenvalue weighted by Gasteiger charge is -2.28. The summed E-state index contributed by atoms with van der Waals surface area (Å²) in [5.41, 5.74) is 7.79. The summed E-state index contributed by atoms with van der Waals surface area (Å²) in [5.74, 6) is 0.110. The maximum absolute atomic E-state index is 14.4. The Bertz CT molecular complexity index is 795. The van der Waals surface area contributed by atoms with Crippen LogP contribution in [0.4, 0.5) is 4.39 Å². The summed E-state index contributed by atoms with van der Waals surface area (Å²) in [6.07, 6.45) is 0.637. The lowest BCUT2D eigenvalue weighted by atomic mass is 9.89. The Labute approximate surface area is 153 Å². The molecule has 5 heteroatoms. The first-order valence-corrected chi connectivity index (χ1v) is 9.24. The molecule has 2 aliphatic heterocycles. The third-order valence-electron chi connectivity index (χ3n) is 5.66. The van der Waals surface area contributed by atoms with E-state index in [-0.39, 0.29) is 17.5 Å². The summed E-state index contributed by atoms with van der Waals surface area (Å²) in [5, 5.41) is 3.43. The number of carbonyl (C=O) groups is 1. The Hall–Kier alpha value is -2.24. The second-order valence-electron chi connectivity index (χ2n) is 7.25. The van der Waals surface area contributed by atoms with Gasteiger partial charge in [-0.3, -0.25) is 4.79 Å². The molecule has 0 aromatic heterocycles. The second-order valence-corrected chi connectivity index (χ2v) is 7.25. The maximum Gasteiger partial charge on any atom is 0.257 e. The second kappa shape index (κ2) is 7.17. The molecule has 1 amide bonds. The monoisotopic (exact) mass is 353 g/mol. The molecule has 2 heterocycles. The first kappa shape index (κ1) is 17.2. The first-order valence-electron chi connectivity index (χ1n) is 9.24. The van der Waals surface area contributed by atoms with Gasteiger partial charge in [0.25, 0.3) is 5.91 Å². The number of amides is 1. The van der Waals surface area contributed by atoms with Gasteiger partial charge in [-0.1, -0.05) is 36.4 Å². The van der Waals surface area contributed by atoms with E-state index < -0.39 is 5.82 Å². The van der Waals surface area contributed by atoms with Gasteiger partial charge in [-0.2, -0.15) is 0 Å². The number of likely N-dealkylation sites (tertiary alicyclic amines) is 1. The van der Waals surface area contributed by atoms with Crippen LogP contribution in [0.15, 0.2) is 48.5 Å². The summed E-state index contributed by atoms with van der Waals surface area (Å²) in [4.78, 5) is 15.1. The zero-order valence-electron chi connectivity index (χ0n) is 14.7. The zero-order valence-corrected chi connectivity index (χ0v) is 14.7. The van der Waals surface area contributed by atoms with Crippen LogP contribution in [0.5, 0.6) is 0 Å². The molecule has 0 aliphatic carbocycles. The van der Waals surface area contributed by atoms with Crippen LogP contribution in [-0.2, 0) is 6.42 Å². The molecular formula is C21H24FN3O. The molecule has 2 aliphatic rings. The first-order chi connectivity index (χ1) is 12.7. The fourth-order valence-corrected chi connectivity index (χ4v) is 4.42. The Morgan fingerprint density at radius 2 is 2.00 bits per heavy atom. The molecule has 2 fully saturated rings. The van der Waals surface area contributed by atoms with E-state index in [0.717, 1.165) is 24.2 Å². The van der Waals surface area contributed by atoms with Gasteiger partial charge in [0.15, 0.2) is 0 Å². The SMILES string of the molecule is NCCc1ccc(F)c(C(=O)N2C[C@@H]3CNC[C@@H]3[C@@H]2c2ccccc2)c1. The average molecular weight is 353 g/mol. The lowest BCUT2D eigenvalue weighted by Crippen LogP contribution is -2.35. The molecule has 0 unspecified atom stereocenters. The van der Waals surface area contributed by atoms with Crippen LogP contribution in [0, 0.1) is 17.7 Å². The molecule has 4 rings (SSSR count). The summed E-state index contributed by atoms with van der Waals surface area (Å²) in [6, 6.07) is 14.8. The summed E-state index contributed by atoms with van der Waals surface area (Å²) >= 11 is 0. The normalized spacial score (nSPS) is 24.7. The highest BCUT2D eigenvalue weighted by Crippen LogP contribution is 2.43. The molecule has 0 radical (unpaired) electrons. The highest BCUT2D eigenvalue weighted by atomic mass is 19.1. The van der Waals surface area contributed by atoms with Crippen LogP contribution in [0.2, 0.25) is 0 Å². The molecule has 26 heavy (non-hydrogen) atoms. The Morgan fingerprint density at radius 1 is 1.19 bits per heavy atom. The van der Waals surface area contributed by atoms with E-state index in [9.17, 15) is 9.18 Å². The van der Waals surface area contributed by atoms with E-state index in [2.05, 4.69) is 17.4 Å². The van der Waals surface area contributed by atoms with E-state index in [1.54, 1.807) is 12.1 Å². The van der Waals surface area contributed by atoms with E-state index >= 15 is 0 Å². The number of fused-ring (bicyclic) bond motifs is 1. The van der Waals surface area contributed by atoms with Crippen molar-refractivity contribution in [2.45, 2.75) is 12.5 Å². The lowest BCUT2D eigenvalue weighted by molar-refractivity contribution is 0.0709. The van der Waals surface area contributed by atoms with Crippen molar-refractivity contribution >= 4 is 5.91 Å². The van der Waals surface area contributed by atoms with Gasteiger partial charge >= 0.3 is 0 Å². The third kappa shape index (κ3) is 3.02. The van der Waals surface area contributed by atoms with Gasteiger partial charge in [0.05, 0.1) is 11.6 Å². The van der Waals surface area contributed by atoms with Gasteiger partial charge in [-0.15, -0.1) is 0 Å². The van der Waals surface area contributed by atoms with Gasteiger partial charge < -0.3 is 16.0 Å². The van der Waals surface area contributed by atoms with Gasteiger partial charge in [-0.25, -0.2) is 4.39 Å². The van der Waals surface area contributed by atoms with Crippen molar-refractivity contribution in [1.82, 2.24) is 10.2 Å². The molecule has 136 valence electrons. The topological polar surface area (TPSA) is 58.4 Å². The predicted molar refractivity (Wildman–Crippen MR) is 99.2 cm³/mol. The van der Waals surface area contributed by atoms with E-state index in [4.69, 9.17) is 5.73 Å². The fraction of sp³-hybridized carbons (Fsp3) is 0.381. The fourth-order valence-electron chi connectivity index (χ4n) is 4.42. The Kier molecular flexibility index (Phi) is 4.74. The molecule has 0 bridgehead atoms. The van der Waals surface area contributed by atoms with Crippen molar-refractivity contribution in [1.29, 1.82) is 0 Å². The molecule has 2 aromatic carbocycles. The smallest absolute Gasteiger partial charge is 0.257 e. The molecule has 0 saturated carbocycles. The van der Waals surface area contributed by atoms with Crippen molar-refractivity contribution in [3.05, 3.63) is 71.0 Å². The molecule has 0 spiro atoms. The summed E-state index contributed by atoms with van der Waals surface area (Å²) in [7, 11) is 0. The van der Waals surface area contributed by atoms with Crippen LogP contribution in [0.1, 0.15) is 27.5 Å². The number of carbonyl (C=O) groups excluding carboxylic acids is 1. The van der Waals surface area contributed by atoms with Crippen LogP contribution >= 0.6 is 0 Å². The molecule has 4 nitrogen and oxygen atoms in total. The van der Waals surface area contributed by atoms with Crippen LogP contribution in [0.25, 0.3) is 0 Å². The quantitative estimate of drug-likeness (QED) is 0.887. The standard InChI is InChI=1S/C21H24FN3O/c22-19-7-6-14(8-9-23)10-17(19)21(26)25-13-16-11-24-12-18(16)20(25)15-4-2-1-3-5-15/h1-7,10,16,18,20,24H,8-9,11-13,23H2/t16-,18-,20-/m0/s1. The highest BCUT2D eigenvalue weighted by molar-refractivity contribution is 5.95. The van der Waals surface area contributed by atoms with Crippen molar-refractivity contribution < 1.29 is 9.18 Å². The van der Waals surface area contributed by atoms with Gasteiger partial charge in [0.2, 0.25) is 0 Å². The summed E-state index contributed by atoms with van der Waals surface area (Å²) in [6.45, 7) is 2.94. The number of halogens is 1.